The summed E-state index contributed by atoms with van der Waals surface area (Å²) in [6.45, 7) is 4.67. The highest BCUT2D eigenvalue weighted by Crippen LogP contribution is 2.25. The van der Waals surface area contributed by atoms with E-state index < -0.39 is 0 Å². The zero-order valence-corrected chi connectivity index (χ0v) is 10.2. The molecule has 1 nitrogen and oxygen atoms in total. The lowest BCUT2D eigenvalue weighted by Crippen LogP contribution is -2.31. The number of hydrogen-bond acceptors (Lipinski definition) is 1. The van der Waals surface area contributed by atoms with Crippen molar-refractivity contribution in [2.45, 2.75) is 45.4 Å². The minimum absolute atomic E-state index is 0.803. The van der Waals surface area contributed by atoms with Crippen molar-refractivity contribution >= 4 is 11.6 Å². The van der Waals surface area contributed by atoms with E-state index in [1.807, 2.05) is 0 Å². The van der Waals surface area contributed by atoms with Crippen LogP contribution in [-0.4, -0.2) is 19.0 Å². The summed E-state index contributed by atoms with van der Waals surface area (Å²) in [6, 6.07) is 0. The minimum Gasteiger partial charge on any atom is -0.316 e. The molecule has 1 N–H and O–H groups in total. The smallest absolute Gasteiger partial charge is 0.0226 e. The zero-order chi connectivity index (χ0) is 10.2. The average Bonchev–Trinajstić information content (AvgIpc) is 2.10. The molecular weight excluding hydrogens is 194 g/mol. The Hall–Kier alpha value is 0.250. The van der Waals surface area contributed by atoms with Crippen molar-refractivity contribution in [2.24, 2.45) is 11.8 Å². The second kappa shape index (κ2) is 7.53. The highest BCUT2D eigenvalue weighted by molar-refractivity contribution is 6.17. The molecule has 84 valence electrons. The molecule has 0 aromatic rings. The number of alkyl halides is 1. The van der Waals surface area contributed by atoms with Crippen molar-refractivity contribution < 1.29 is 0 Å². The maximum atomic E-state index is 5.78. The Labute approximate surface area is 93.6 Å². The van der Waals surface area contributed by atoms with Crippen LogP contribution in [0.25, 0.3) is 0 Å². The minimum atomic E-state index is 0.803. The number of hydrogen-bond donors (Lipinski definition) is 1. The van der Waals surface area contributed by atoms with Gasteiger partial charge in [-0.1, -0.05) is 19.8 Å². The van der Waals surface area contributed by atoms with Crippen LogP contribution in [0.4, 0.5) is 0 Å². The van der Waals surface area contributed by atoms with E-state index in [9.17, 15) is 0 Å². The summed E-state index contributed by atoms with van der Waals surface area (Å²) >= 11 is 5.78. The van der Waals surface area contributed by atoms with E-state index in [2.05, 4.69) is 12.2 Å². The molecule has 1 aliphatic carbocycles. The van der Waals surface area contributed by atoms with Gasteiger partial charge in [-0.3, -0.25) is 0 Å². The van der Waals surface area contributed by atoms with Crippen LogP contribution in [0, 0.1) is 11.8 Å². The molecule has 0 aromatic heterocycles. The van der Waals surface area contributed by atoms with Gasteiger partial charge in [-0.05, 0) is 50.6 Å². The van der Waals surface area contributed by atoms with E-state index in [1.165, 1.54) is 51.6 Å². The Kier molecular flexibility index (Phi) is 6.63. The van der Waals surface area contributed by atoms with E-state index in [0.717, 1.165) is 17.7 Å². The molecule has 0 heterocycles. The summed E-state index contributed by atoms with van der Waals surface area (Å²) in [7, 11) is 0. The van der Waals surface area contributed by atoms with Crippen molar-refractivity contribution in [3.8, 4) is 0 Å². The van der Waals surface area contributed by atoms with Gasteiger partial charge in [0.05, 0.1) is 0 Å². The summed E-state index contributed by atoms with van der Waals surface area (Å²) in [6.07, 6.45) is 8.12. The van der Waals surface area contributed by atoms with E-state index in [1.54, 1.807) is 0 Å². The van der Waals surface area contributed by atoms with E-state index >= 15 is 0 Å². The molecule has 1 unspecified atom stereocenters. The summed E-state index contributed by atoms with van der Waals surface area (Å²) in [4.78, 5) is 0. The van der Waals surface area contributed by atoms with Crippen LogP contribution in [0.15, 0.2) is 0 Å². The fourth-order valence-corrected chi connectivity index (χ4v) is 2.41. The zero-order valence-electron chi connectivity index (χ0n) is 9.40. The van der Waals surface area contributed by atoms with Crippen molar-refractivity contribution in [1.82, 2.24) is 5.32 Å². The molecule has 1 aliphatic rings. The molecular formula is C12H24ClN. The third-order valence-electron chi connectivity index (χ3n) is 3.31. The summed E-state index contributed by atoms with van der Waals surface area (Å²) in [5.41, 5.74) is 0. The summed E-state index contributed by atoms with van der Waals surface area (Å²) in [5, 5.41) is 3.60. The Morgan fingerprint density at radius 1 is 1.36 bits per heavy atom. The maximum Gasteiger partial charge on any atom is 0.0226 e. The van der Waals surface area contributed by atoms with Crippen molar-refractivity contribution in [3.63, 3.8) is 0 Å². The monoisotopic (exact) mass is 217 g/mol. The molecule has 1 fully saturated rings. The highest BCUT2D eigenvalue weighted by atomic mass is 35.5. The molecule has 0 spiro atoms. The van der Waals surface area contributed by atoms with Gasteiger partial charge in [0.15, 0.2) is 0 Å². The second-order valence-electron chi connectivity index (χ2n) is 4.59. The van der Waals surface area contributed by atoms with Gasteiger partial charge < -0.3 is 5.32 Å². The maximum absolute atomic E-state index is 5.78. The third-order valence-corrected chi connectivity index (χ3v) is 3.52. The quantitative estimate of drug-likeness (QED) is 0.615. The number of nitrogens with one attached hydrogen (secondary N) is 1. The lowest BCUT2D eigenvalue weighted by Gasteiger charge is -2.26. The Morgan fingerprint density at radius 3 is 2.64 bits per heavy atom. The van der Waals surface area contributed by atoms with E-state index in [4.69, 9.17) is 11.6 Å². The van der Waals surface area contributed by atoms with Crippen LogP contribution in [0.5, 0.6) is 0 Å². The fraction of sp³-hybridized carbons (Fsp3) is 1.00. The Bertz CT molecular complexity index is 128. The van der Waals surface area contributed by atoms with Gasteiger partial charge in [0.1, 0.15) is 0 Å². The van der Waals surface area contributed by atoms with Gasteiger partial charge in [0, 0.05) is 5.88 Å². The Morgan fingerprint density at radius 2 is 2.14 bits per heavy atom. The van der Waals surface area contributed by atoms with Crippen molar-refractivity contribution in [3.05, 3.63) is 0 Å². The van der Waals surface area contributed by atoms with Crippen LogP contribution in [0.2, 0.25) is 0 Å². The van der Waals surface area contributed by atoms with Crippen molar-refractivity contribution in [1.29, 1.82) is 0 Å². The molecule has 2 heteroatoms. The molecule has 0 radical (unpaired) electrons. The lowest BCUT2D eigenvalue weighted by molar-refractivity contribution is 0.291. The summed E-state index contributed by atoms with van der Waals surface area (Å²) in [5.74, 6) is 2.60. The molecule has 1 saturated carbocycles. The first-order valence-electron chi connectivity index (χ1n) is 6.13. The predicted octanol–water partition coefficient (Wildman–Crippen LogP) is 3.42. The van der Waals surface area contributed by atoms with Gasteiger partial charge in [-0.25, -0.2) is 0 Å². The fourth-order valence-electron chi connectivity index (χ4n) is 2.10. The SMILES string of the molecule is CCCC(CCCl)CNCC1CCC1. The van der Waals surface area contributed by atoms with Gasteiger partial charge in [-0.15, -0.1) is 11.6 Å². The first-order chi connectivity index (χ1) is 6.86. The molecule has 0 amide bonds. The first kappa shape index (κ1) is 12.3. The van der Waals surface area contributed by atoms with Gasteiger partial charge >= 0.3 is 0 Å². The average molecular weight is 218 g/mol. The van der Waals surface area contributed by atoms with E-state index in [-0.39, 0.29) is 0 Å². The third kappa shape index (κ3) is 4.65. The van der Waals surface area contributed by atoms with Crippen LogP contribution in [-0.2, 0) is 0 Å². The van der Waals surface area contributed by atoms with Gasteiger partial charge in [-0.2, -0.15) is 0 Å². The molecule has 14 heavy (non-hydrogen) atoms. The van der Waals surface area contributed by atoms with E-state index in [0.29, 0.717) is 0 Å². The highest BCUT2D eigenvalue weighted by Gasteiger charge is 2.17. The lowest BCUT2D eigenvalue weighted by atomic mass is 9.85. The normalized spacial score (nSPS) is 19.3. The standard InChI is InChI=1S/C12H24ClN/c1-2-4-11(7-8-13)9-14-10-12-5-3-6-12/h11-12,14H,2-10H2,1H3. The second-order valence-corrected chi connectivity index (χ2v) is 4.97. The largest absolute Gasteiger partial charge is 0.316 e. The number of halogens is 1. The first-order valence-corrected chi connectivity index (χ1v) is 6.67. The van der Waals surface area contributed by atoms with Crippen LogP contribution < -0.4 is 5.32 Å². The molecule has 0 aliphatic heterocycles. The molecule has 0 aromatic carbocycles. The molecule has 1 rings (SSSR count). The van der Waals surface area contributed by atoms with Crippen LogP contribution >= 0.6 is 11.6 Å². The topological polar surface area (TPSA) is 12.0 Å². The Balaban J connectivity index is 1.99. The van der Waals surface area contributed by atoms with Gasteiger partial charge in [0.25, 0.3) is 0 Å². The number of rotatable bonds is 8. The molecule has 0 bridgehead atoms. The molecule has 1 atom stereocenters. The predicted molar refractivity (Wildman–Crippen MR) is 63.9 cm³/mol. The molecule has 0 saturated heterocycles. The van der Waals surface area contributed by atoms with Crippen molar-refractivity contribution in [2.75, 3.05) is 19.0 Å². The van der Waals surface area contributed by atoms with Crippen LogP contribution in [0.3, 0.4) is 0 Å². The van der Waals surface area contributed by atoms with Gasteiger partial charge in [0.2, 0.25) is 0 Å². The van der Waals surface area contributed by atoms with Crippen LogP contribution in [0.1, 0.15) is 45.4 Å². The summed E-state index contributed by atoms with van der Waals surface area (Å²) < 4.78 is 0.